The van der Waals surface area contributed by atoms with E-state index in [9.17, 15) is 9.59 Å². The number of aromatic amines is 1. The Morgan fingerprint density at radius 1 is 0.914 bits per heavy atom. The van der Waals surface area contributed by atoms with Crippen LogP contribution >= 0.6 is 0 Å². The number of hydrogen-bond donors (Lipinski definition) is 2. The Balaban J connectivity index is 1.19. The molecule has 0 spiro atoms. The highest BCUT2D eigenvalue weighted by Gasteiger charge is 2.25. The van der Waals surface area contributed by atoms with Crippen LogP contribution in [-0.2, 0) is 11.3 Å². The van der Waals surface area contributed by atoms with Crippen LogP contribution in [0.3, 0.4) is 0 Å². The zero-order valence-electron chi connectivity index (χ0n) is 19.1. The molecule has 2 aromatic heterocycles. The zero-order valence-corrected chi connectivity index (χ0v) is 19.1. The SMILES string of the molecule is O=C(Cn1nc(C(=O)N2CCCC2)c2ccccc21)Nc1ccc(-c2nc3ccccc3[nH]2)cc1. The number of benzene rings is 3. The van der Waals surface area contributed by atoms with Gasteiger partial charge in [-0.1, -0.05) is 30.3 Å². The molecular weight excluding hydrogens is 440 g/mol. The van der Waals surface area contributed by atoms with Crippen LogP contribution in [0.25, 0.3) is 33.3 Å². The first-order chi connectivity index (χ1) is 17.2. The highest BCUT2D eigenvalue weighted by atomic mass is 16.2. The summed E-state index contributed by atoms with van der Waals surface area (Å²) in [5, 5.41) is 8.24. The molecule has 35 heavy (non-hydrogen) atoms. The number of nitrogens with zero attached hydrogens (tertiary/aromatic N) is 4. The summed E-state index contributed by atoms with van der Waals surface area (Å²) in [6.07, 6.45) is 2.03. The van der Waals surface area contributed by atoms with Crippen molar-refractivity contribution in [2.75, 3.05) is 18.4 Å². The number of likely N-dealkylation sites (tertiary alicyclic amines) is 1. The van der Waals surface area contributed by atoms with Crippen LogP contribution in [0.1, 0.15) is 23.3 Å². The van der Waals surface area contributed by atoms with Gasteiger partial charge in [-0.25, -0.2) is 4.98 Å². The summed E-state index contributed by atoms with van der Waals surface area (Å²) in [4.78, 5) is 35.6. The van der Waals surface area contributed by atoms with Gasteiger partial charge in [0.15, 0.2) is 5.69 Å². The number of carbonyl (C=O) groups excluding carboxylic acids is 2. The molecular formula is C27H24N6O2. The molecule has 5 aromatic rings. The van der Waals surface area contributed by atoms with E-state index in [0.29, 0.717) is 11.4 Å². The lowest BCUT2D eigenvalue weighted by Crippen LogP contribution is -2.28. The predicted octanol–water partition coefficient (Wildman–Crippen LogP) is 4.45. The van der Waals surface area contributed by atoms with Crippen LogP contribution in [0.4, 0.5) is 5.69 Å². The normalized spacial score (nSPS) is 13.5. The van der Waals surface area contributed by atoms with E-state index in [2.05, 4.69) is 20.4 Å². The summed E-state index contributed by atoms with van der Waals surface area (Å²) in [5.41, 5.74) is 4.68. The molecule has 3 aromatic carbocycles. The van der Waals surface area contributed by atoms with Gasteiger partial charge in [-0.15, -0.1) is 0 Å². The van der Waals surface area contributed by atoms with Gasteiger partial charge < -0.3 is 15.2 Å². The average molecular weight is 465 g/mol. The number of amides is 2. The number of carbonyl (C=O) groups is 2. The third kappa shape index (κ3) is 4.03. The zero-order chi connectivity index (χ0) is 23.8. The van der Waals surface area contributed by atoms with Gasteiger partial charge in [-0.3, -0.25) is 14.3 Å². The fourth-order valence-corrected chi connectivity index (χ4v) is 4.61. The van der Waals surface area contributed by atoms with Gasteiger partial charge >= 0.3 is 0 Å². The van der Waals surface area contributed by atoms with E-state index in [4.69, 9.17) is 0 Å². The van der Waals surface area contributed by atoms with E-state index in [1.165, 1.54) is 0 Å². The molecule has 0 radical (unpaired) electrons. The van der Waals surface area contributed by atoms with Crippen LogP contribution in [0.2, 0.25) is 0 Å². The van der Waals surface area contributed by atoms with Gasteiger partial charge in [-0.05, 0) is 55.3 Å². The van der Waals surface area contributed by atoms with Crippen molar-refractivity contribution in [2.45, 2.75) is 19.4 Å². The highest BCUT2D eigenvalue weighted by Crippen LogP contribution is 2.24. The van der Waals surface area contributed by atoms with E-state index < -0.39 is 0 Å². The van der Waals surface area contributed by atoms with E-state index in [0.717, 1.165) is 59.3 Å². The first-order valence-electron chi connectivity index (χ1n) is 11.8. The second-order valence-corrected chi connectivity index (χ2v) is 8.75. The Morgan fingerprint density at radius 3 is 2.46 bits per heavy atom. The lowest BCUT2D eigenvalue weighted by molar-refractivity contribution is -0.116. The maximum atomic E-state index is 13.0. The fourth-order valence-electron chi connectivity index (χ4n) is 4.61. The minimum atomic E-state index is -0.213. The van der Waals surface area contributed by atoms with Crippen LogP contribution < -0.4 is 5.32 Å². The molecule has 8 heteroatoms. The Labute approximate surface area is 201 Å². The number of aromatic nitrogens is 4. The van der Waals surface area contributed by atoms with Crippen LogP contribution in [-0.4, -0.2) is 49.6 Å². The number of fused-ring (bicyclic) bond motifs is 2. The lowest BCUT2D eigenvalue weighted by Gasteiger charge is -2.13. The summed E-state index contributed by atoms with van der Waals surface area (Å²) < 4.78 is 1.61. The first kappa shape index (κ1) is 21.1. The van der Waals surface area contributed by atoms with Crippen LogP contribution in [0.15, 0.2) is 72.8 Å². The Hall–Kier alpha value is -4.46. The van der Waals surface area contributed by atoms with E-state index in [1.54, 1.807) is 4.68 Å². The molecule has 0 saturated carbocycles. The van der Waals surface area contributed by atoms with Crippen molar-refractivity contribution in [3.63, 3.8) is 0 Å². The minimum absolute atomic E-state index is 0.0130. The molecule has 8 nitrogen and oxygen atoms in total. The number of imidazole rings is 1. The minimum Gasteiger partial charge on any atom is -0.338 e. The summed E-state index contributed by atoms with van der Waals surface area (Å²) in [5.74, 6) is 0.497. The van der Waals surface area contributed by atoms with Gasteiger partial charge in [0.1, 0.15) is 12.4 Å². The molecule has 6 rings (SSSR count). The molecule has 1 aliphatic heterocycles. The maximum absolute atomic E-state index is 13.0. The van der Waals surface area contributed by atoms with Crippen molar-refractivity contribution in [3.05, 3.63) is 78.5 Å². The fraction of sp³-hybridized carbons (Fsp3) is 0.185. The maximum Gasteiger partial charge on any atom is 0.275 e. The molecule has 1 fully saturated rings. The van der Waals surface area contributed by atoms with E-state index in [1.807, 2.05) is 77.7 Å². The molecule has 174 valence electrons. The molecule has 3 heterocycles. The van der Waals surface area contributed by atoms with Crippen molar-refractivity contribution in [1.82, 2.24) is 24.6 Å². The lowest BCUT2D eigenvalue weighted by atomic mass is 10.2. The number of rotatable bonds is 5. The van der Waals surface area contributed by atoms with Gasteiger partial charge in [0, 0.05) is 29.7 Å². The second-order valence-electron chi connectivity index (χ2n) is 8.75. The number of para-hydroxylation sites is 3. The topological polar surface area (TPSA) is 95.9 Å². The molecule has 2 amide bonds. The monoisotopic (exact) mass is 464 g/mol. The standard InChI is InChI=1S/C27H24N6O2/c34-24(28-19-13-11-18(12-14-19)26-29-21-8-2-3-9-22(21)30-26)17-33-23-10-4-1-7-20(23)25(31-33)27(35)32-15-5-6-16-32/h1-4,7-14H,5-6,15-17H2,(H,28,34)(H,29,30). The number of anilines is 1. The summed E-state index contributed by atoms with van der Waals surface area (Å²) in [7, 11) is 0. The largest absolute Gasteiger partial charge is 0.338 e. The first-order valence-corrected chi connectivity index (χ1v) is 11.8. The van der Waals surface area contributed by atoms with Crippen molar-refractivity contribution in [3.8, 4) is 11.4 Å². The molecule has 0 aliphatic carbocycles. The van der Waals surface area contributed by atoms with Gasteiger partial charge in [0.05, 0.1) is 16.6 Å². The Morgan fingerprint density at radius 2 is 1.66 bits per heavy atom. The van der Waals surface area contributed by atoms with E-state index in [-0.39, 0.29) is 18.4 Å². The molecule has 0 unspecified atom stereocenters. The third-order valence-electron chi connectivity index (χ3n) is 6.38. The smallest absolute Gasteiger partial charge is 0.275 e. The Bertz CT molecular complexity index is 1510. The van der Waals surface area contributed by atoms with Crippen molar-refractivity contribution < 1.29 is 9.59 Å². The third-order valence-corrected chi connectivity index (χ3v) is 6.38. The number of hydrogen-bond acceptors (Lipinski definition) is 4. The summed E-state index contributed by atoms with van der Waals surface area (Å²) >= 11 is 0. The summed E-state index contributed by atoms with van der Waals surface area (Å²) in [6, 6.07) is 23.0. The van der Waals surface area contributed by atoms with Crippen LogP contribution in [0, 0.1) is 0 Å². The van der Waals surface area contributed by atoms with Crippen molar-refractivity contribution in [2.24, 2.45) is 0 Å². The van der Waals surface area contributed by atoms with Gasteiger partial charge in [-0.2, -0.15) is 5.10 Å². The second kappa shape index (κ2) is 8.72. The van der Waals surface area contributed by atoms with E-state index >= 15 is 0 Å². The molecule has 1 aliphatic rings. The Kier molecular flexibility index (Phi) is 5.25. The molecule has 1 saturated heterocycles. The van der Waals surface area contributed by atoms with Crippen LogP contribution in [0.5, 0.6) is 0 Å². The molecule has 0 bridgehead atoms. The summed E-state index contributed by atoms with van der Waals surface area (Å²) in [6.45, 7) is 1.52. The van der Waals surface area contributed by atoms with Gasteiger partial charge in [0.2, 0.25) is 5.91 Å². The molecule has 2 N–H and O–H groups in total. The predicted molar refractivity (Wildman–Crippen MR) is 135 cm³/mol. The quantitative estimate of drug-likeness (QED) is 0.402. The average Bonchev–Trinajstić information content (AvgIpc) is 3.63. The van der Waals surface area contributed by atoms with Crippen molar-refractivity contribution >= 4 is 39.4 Å². The number of nitrogens with one attached hydrogen (secondary N) is 2. The van der Waals surface area contributed by atoms with Crippen molar-refractivity contribution in [1.29, 1.82) is 0 Å². The van der Waals surface area contributed by atoms with Gasteiger partial charge in [0.25, 0.3) is 5.91 Å². The highest BCUT2D eigenvalue weighted by molar-refractivity contribution is 6.05. The number of H-pyrrole nitrogens is 1. The molecule has 0 atom stereocenters.